The minimum Gasteiger partial charge on any atom is -0.311 e. The predicted molar refractivity (Wildman–Crippen MR) is 109 cm³/mol. The summed E-state index contributed by atoms with van der Waals surface area (Å²) in [6.45, 7) is 4.00. The molecule has 1 aromatic carbocycles. The van der Waals surface area contributed by atoms with Gasteiger partial charge in [-0.1, -0.05) is 19.8 Å². The number of aryl methyl sites for hydroxylation is 1. The standard InChI is InChI=1S/C22H22FN5O/c1-13-5-3-4-6-18(13)27-12-11-17-19(21(27)29)20(15-7-9-16(23)10-8-15)28-22(25-17)24-14(2)26-28/h7-13,18H,3-6H2,1-2H3/t13-,18+/m1/s1. The second-order valence-electron chi connectivity index (χ2n) is 7.96. The van der Waals surface area contributed by atoms with E-state index in [-0.39, 0.29) is 17.4 Å². The fourth-order valence-corrected chi connectivity index (χ4v) is 4.54. The molecule has 3 aromatic heterocycles. The summed E-state index contributed by atoms with van der Waals surface area (Å²) >= 11 is 0. The molecule has 0 bridgehead atoms. The lowest BCUT2D eigenvalue weighted by Gasteiger charge is -2.30. The Hall–Kier alpha value is -3.09. The number of hydrogen-bond acceptors (Lipinski definition) is 4. The van der Waals surface area contributed by atoms with Gasteiger partial charge >= 0.3 is 0 Å². The summed E-state index contributed by atoms with van der Waals surface area (Å²) < 4.78 is 17.0. The van der Waals surface area contributed by atoms with Gasteiger partial charge in [0, 0.05) is 17.8 Å². The number of rotatable bonds is 2. The molecule has 0 radical (unpaired) electrons. The lowest BCUT2D eigenvalue weighted by Crippen LogP contribution is -2.31. The van der Waals surface area contributed by atoms with Crippen LogP contribution in [0.3, 0.4) is 0 Å². The SMILES string of the molecule is Cc1nc2nc3ccn([C@H]4CCCC[C@H]4C)c(=O)c3c(-c3ccc(F)cc3)n2n1. The summed E-state index contributed by atoms with van der Waals surface area (Å²) in [7, 11) is 0. The van der Waals surface area contributed by atoms with Gasteiger partial charge in [0.1, 0.15) is 11.6 Å². The molecule has 29 heavy (non-hydrogen) atoms. The van der Waals surface area contributed by atoms with E-state index < -0.39 is 0 Å². The van der Waals surface area contributed by atoms with E-state index in [1.54, 1.807) is 23.6 Å². The fourth-order valence-electron chi connectivity index (χ4n) is 4.54. The third-order valence-corrected chi connectivity index (χ3v) is 6.00. The summed E-state index contributed by atoms with van der Waals surface area (Å²) in [5.74, 6) is 1.11. The van der Waals surface area contributed by atoms with Crippen LogP contribution in [0.5, 0.6) is 0 Å². The van der Waals surface area contributed by atoms with E-state index in [2.05, 4.69) is 22.0 Å². The van der Waals surface area contributed by atoms with Crippen LogP contribution >= 0.6 is 0 Å². The van der Waals surface area contributed by atoms with Crippen LogP contribution in [0.2, 0.25) is 0 Å². The van der Waals surface area contributed by atoms with Gasteiger partial charge in [-0.05, 0) is 56.0 Å². The predicted octanol–water partition coefficient (Wildman–Crippen LogP) is 4.30. The normalized spacial score (nSPS) is 19.8. The maximum absolute atomic E-state index is 13.7. The van der Waals surface area contributed by atoms with Gasteiger partial charge in [-0.25, -0.2) is 9.37 Å². The van der Waals surface area contributed by atoms with Crippen molar-refractivity contribution in [2.75, 3.05) is 0 Å². The van der Waals surface area contributed by atoms with Crippen LogP contribution in [0.25, 0.3) is 27.9 Å². The van der Waals surface area contributed by atoms with Gasteiger partial charge in [-0.15, -0.1) is 5.10 Å². The molecular weight excluding hydrogens is 369 g/mol. The molecule has 0 unspecified atom stereocenters. The number of halogens is 1. The number of fused-ring (bicyclic) bond motifs is 2. The van der Waals surface area contributed by atoms with E-state index in [0.29, 0.717) is 39.7 Å². The van der Waals surface area contributed by atoms with E-state index in [1.807, 2.05) is 16.8 Å². The van der Waals surface area contributed by atoms with E-state index in [0.717, 1.165) is 19.3 Å². The lowest BCUT2D eigenvalue weighted by molar-refractivity contribution is 0.253. The Morgan fingerprint density at radius 1 is 1.07 bits per heavy atom. The van der Waals surface area contributed by atoms with Crippen LogP contribution in [0.1, 0.15) is 44.5 Å². The van der Waals surface area contributed by atoms with Gasteiger partial charge in [0.25, 0.3) is 11.3 Å². The molecule has 0 spiro atoms. The van der Waals surface area contributed by atoms with E-state index in [1.165, 1.54) is 18.6 Å². The van der Waals surface area contributed by atoms with Crippen molar-refractivity contribution in [3.63, 3.8) is 0 Å². The molecule has 0 N–H and O–H groups in total. The molecule has 6 nitrogen and oxygen atoms in total. The number of aromatic nitrogens is 5. The number of nitrogens with zero attached hydrogens (tertiary/aromatic N) is 5. The van der Waals surface area contributed by atoms with Crippen LogP contribution in [-0.2, 0) is 0 Å². The van der Waals surface area contributed by atoms with Gasteiger partial charge in [0.15, 0.2) is 0 Å². The molecule has 5 rings (SSSR count). The van der Waals surface area contributed by atoms with E-state index >= 15 is 0 Å². The monoisotopic (exact) mass is 391 g/mol. The van der Waals surface area contributed by atoms with Gasteiger partial charge in [0.05, 0.1) is 16.6 Å². The topological polar surface area (TPSA) is 65.1 Å². The third kappa shape index (κ3) is 2.92. The average molecular weight is 391 g/mol. The molecule has 2 atom stereocenters. The van der Waals surface area contributed by atoms with Crippen molar-refractivity contribution in [2.24, 2.45) is 5.92 Å². The first kappa shape index (κ1) is 18.0. The third-order valence-electron chi connectivity index (χ3n) is 6.00. The second-order valence-corrected chi connectivity index (χ2v) is 7.96. The second kappa shape index (κ2) is 6.76. The molecule has 7 heteroatoms. The van der Waals surface area contributed by atoms with Crippen LogP contribution in [0, 0.1) is 18.7 Å². The minimum atomic E-state index is -0.327. The zero-order valence-electron chi connectivity index (χ0n) is 16.5. The molecule has 0 amide bonds. The first-order chi connectivity index (χ1) is 14.0. The Morgan fingerprint density at radius 3 is 2.59 bits per heavy atom. The van der Waals surface area contributed by atoms with E-state index in [9.17, 15) is 9.18 Å². The van der Waals surface area contributed by atoms with Crippen LogP contribution in [-0.4, -0.2) is 24.1 Å². The molecule has 148 valence electrons. The molecule has 4 aromatic rings. The van der Waals surface area contributed by atoms with Gasteiger partial charge in [-0.3, -0.25) is 4.79 Å². The van der Waals surface area contributed by atoms with Crippen molar-refractivity contribution in [3.05, 3.63) is 58.5 Å². The van der Waals surface area contributed by atoms with Crippen molar-refractivity contribution >= 4 is 16.7 Å². The Morgan fingerprint density at radius 2 is 1.83 bits per heavy atom. The summed E-state index contributed by atoms with van der Waals surface area (Å²) in [6, 6.07) is 8.18. The Bertz CT molecular complexity index is 1270. The van der Waals surface area contributed by atoms with Crippen LogP contribution in [0.4, 0.5) is 4.39 Å². The zero-order chi connectivity index (χ0) is 20.1. The first-order valence-corrected chi connectivity index (χ1v) is 10.1. The number of pyridine rings is 1. The highest BCUT2D eigenvalue weighted by molar-refractivity contribution is 5.93. The minimum absolute atomic E-state index is 0.0804. The molecular formula is C22H22FN5O. The molecule has 1 aliphatic rings. The molecule has 1 aliphatic carbocycles. The number of benzene rings is 1. The average Bonchev–Trinajstić information content (AvgIpc) is 3.08. The summed E-state index contributed by atoms with van der Waals surface area (Å²) in [5, 5.41) is 4.96. The van der Waals surface area contributed by atoms with Crippen molar-refractivity contribution in [1.82, 2.24) is 24.1 Å². The van der Waals surface area contributed by atoms with Gasteiger partial charge in [-0.2, -0.15) is 9.50 Å². The highest BCUT2D eigenvalue weighted by Crippen LogP contribution is 2.33. The Kier molecular flexibility index (Phi) is 4.19. The zero-order valence-corrected chi connectivity index (χ0v) is 16.5. The fraction of sp³-hybridized carbons (Fsp3) is 0.364. The molecule has 0 saturated heterocycles. The van der Waals surface area contributed by atoms with Crippen molar-refractivity contribution in [1.29, 1.82) is 0 Å². The van der Waals surface area contributed by atoms with Gasteiger partial charge < -0.3 is 4.57 Å². The number of hydrogen-bond donors (Lipinski definition) is 0. The smallest absolute Gasteiger partial charge is 0.262 e. The summed E-state index contributed by atoms with van der Waals surface area (Å²) in [5.41, 5.74) is 1.81. The maximum atomic E-state index is 13.7. The largest absolute Gasteiger partial charge is 0.311 e. The van der Waals surface area contributed by atoms with Crippen LogP contribution in [0.15, 0.2) is 41.3 Å². The quantitative estimate of drug-likeness (QED) is 0.511. The molecule has 1 fully saturated rings. The highest BCUT2D eigenvalue weighted by Gasteiger charge is 2.26. The highest BCUT2D eigenvalue weighted by atomic mass is 19.1. The summed E-state index contributed by atoms with van der Waals surface area (Å²) in [6.07, 6.45) is 6.32. The van der Waals surface area contributed by atoms with Crippen LogP contribution < -0.4 is 5.56 Å². The van der Waals surface area contributed by atoms with Gasteiger partial charge in [0.2, 0.25) is 0 Å². The first-order valence-electron chi connectivity index (χ1n) is 10.1. The Labute approximate surface area is 167 Å². The molecule has 1 saturated carbocycles. The van der Waals surface area contributed by atoms with Crippen molar-refractivity contribution < 1.29 is 4.39 Å². The van der Waals surface area contributed by atoms with E-state index in [4.69, 9.17) is 0 Å². The van der Waals surface area contributed by atoms with Crippen molar-refractivity contribution in [3.8, 4) is 11.3 Å². The molecule has 0 aliphatic heterocycles. The summed E-state index contributed by atoms with van der Waals surface area (Å²) in [4.78, 5) is 22.6. The lowest BCUT2D eigenvalue weighted by atomic mass is 9.85. The van der Waals surface area contributed by atoms with Crippen molar-refractivity contribution in [2.45, 2.75) is 45.6 Å². The Balaban J connectivity index is 1.85. The molecule has 3 heterocycles. The maximum Gasteiger partial charge on any atom is 0.262 e.